The molecule has 100 valence electrons. The molecule has 2 rings (SSSR count). The van der Waals surface area contributed by atoms with Crippen molar-refractivity contribution in [1.29, 1.82) is 0 Å². The van der Waals surface area contributed by atoms with Gasteiger partial charge in [0.25, 0.3) is 0 Å². The van der Waals surface area contributed by atoms with E-state index in [2.05, 4.69) is 4.98 Å². The van der Waals surface area contributed by atoms with Crippen molar-refractivity contribution in [2.24, 2.45) is 0 Å². The van der Waals surface area contributed by atoms with Gasteiger partial charge in [-0.25, -0.2) is 18.6 Å². The first kappa shape index (κ1) is 13.6. The van der Waals surface area contributed by atoms with Gasteiger partial charge < -0.3 is 9.84 Å². The van der Waals surface area contributed by atoms with Crippen molar-refractivity contribution in [2.75, 3.05) is 7.11 Å². The van der Waals surface area contributed by atoms with E-state index in [9.17, 15) is 13.6 Å². The molecule has 0 atom stereocenters. The molecule has 1 aromatic heterocycles. The van der Waals surface area contributed by atoms with Gasteiger partial charge in [0, 0.05) is 7.11 Å². The van der Waals surface area contributed by atoms with Crippen LogP contribution >= 0.6 is 11.3 Å². The van der Waals surface area contributed by atoms with Gasteiger partial charge in [-0.2, -0.15) is 0 Å². The van der Waals surface area contributed by atoms with Crippen LogP contribution in [0.5, 0.6) is 0 Å². The van der Waals surface area contributed by atoms with Crippen LogP contribution in [0.15, 0.2) is 18.2 Å². The van der Waals surface area contributed by atoms with E-state index < -0.39 is 17.6 Å². The molecule has 2 aromatic rings. The van der Waals surface area contributed by atoms with Gasteiger partial charge in [0.2, 0.25) is 0 Å². The number of ether oxygens (including phenoxy) is 1. The monoisotopic (exact) mass is 285 g/mol. The normalized spacial score (nSPS) is 10.7. The van der Waals surface area contributed by atoms with E-state index in [-0.39, 0.29) is 27.7 Å². The number of rotatable bonds is 4. The molecule has 1 N–H and O–H groups in total. The number of hydrogen-bond acceptors (Lipinski definition) is 4. The molecule has 0 saturated heterocycles. The maximum Gasteiger partial charge on any atom is 0.347 e. The Morgan fingerprint density at radius 1 is 1.42 bits per heavy atom. The Kier molecular flexibility index (Phi) is 3.87. The largest absolute Gasteiger partial charge is 0.477 e. The smallest absolute Gasteiger partial charge is 0.347 e. The SMILES string of the molecule is COCc1nc(-c2c(F)cccc2F)sc1C(=O)O. The maximum atomic E-state index is 13.6. The number of nitrogens with zero attached hydrogens (tertiary/aromatic N) is 1. The molecule has 7 heteroatoms. The minimum Gasteiger partial charge on any atom is -0.477 e. The fourth-order valence-electron chi connectivity index (χ4n) is 1.56. The fourth-order valence-corrected chi connectivity index (χ4v) is 2.52. The van der Waals surface area contributed by atoms with Crippen LogP contribution < -0.4 is 0 Å². The highest BCUT2D eigenvalue weighted by atomic mass is 32.1. The lowest BCUT2D eigenvalue weighted by Gasteiger charge is -1.99. The summed E-state index contributed by atoms with van der Waals surface area (Å²) in [6.45, 7) is -0.0335. The van der Waals surface area contributed by atoms with Crippen LogP contribution in [-0.4, -0.2) is 23.2 Å². The highest BCUT2D eigenvalue weighted by molar-refractivity contribution is 7.17. The third-order valence-corrected chi connectivity index (χ3v) is 3.45. The van der Waals surface area contributed by atoms with Gasteiger partial charge in [-0.3, -0.25) is 0 Å². The molecule has 0 aliphatic heterocycles. The standard InChI is InChI=1S/C12H9F2NO3S/c1-18-5-8-10(12(16)17)19-11(15-8)9-6(13)3-2-4-7(9)14/h2-4H,5H2,1H3,(H,16,17). The topological polar surface area (TPSA) is 59.4 Å². The summed E-state index contributed by atoms with van der Waals surface area (Å²) in [4.78, 5) is 14.9. The fraction of sp³-hybridized carbons (Fsp3) is 0.167. The summed E-state index contributed by atoms with van der Waals surface area (Å²) < 4.78 is 32.0. The predicted molar refractivity (Wildman–Crippen MR) is 65.1 cm³/mol. The second kappa shape index (κ2) is 5.41. The van der Waals surface area contributed by atoms with Crippen LogP contribution in [0, 0.1) is 11.6 Å². The molecule has 4 nitrogen and oxygen atoms in total. The Bertz CT molecular complexity index is 607. The van der Waals surface area contributed by atoms with Crippen molar-refractivity contribution in [3.8, 4) is 10.6 Å². The Morgan fingerprint density at radius 2 is 2.05 bits per heavy atom. The minimum atomic E-state index is -1.20. The first-order valence-electron chi connectivity index (χ1n) is 5.21. The third kappa shape index (κ3) is 2.61. The van der Waals surface area contributed by atoms with E-state index in [0.29, 0.717) is 0 Å². The van der Waals surface area contributed by atoms with Crippen LogP contribution in [0.1, 0.15) is 15.4 Å². The summed E-state index contributed by atoms with van der Waals surface area (Å²) in [7, 11) is 1.38. The average molecular weight is 285 g/mol. The molecule has 0 radical (unpaired) electrons. The lowest BCUT2D eigenvalue weighted by molar-refractivity contribution is 0.0697. The Balaban J connectivity index is 2.57. The zero-order valence-corrected chi connectivity index (χ0v) is 10.6. The van der Waals surface area contributed by atoms with Crippen molar-refractivity contribution in [1.82, 2.24) is 4.98 Å². The van der Waals surface area contributed by atoms with E-state index >= 15 is 0 Å². The summed E-state index contributed by atoms with van der Waals surface area (Å²) in [5.41, 5.74) is -0.171. The molecule has 0 amide bonds. The number of carbonyl (C=O) groups is 1. The summed E-state index contributed by atoms with van der Waals surface area (Å²) in [6.07, 6.45) is 0. The molecule has 19 heavy (non-hydrogen) atoms. The zero-order valence-electron chi connectivity index (χ0n) is 9.81. The van der Waals surface area contributed by atoms with Crippen LogP contribution in [-0.2, 0) is 11.3 Å². The first-order valence-corrected chi connectivity index (χ1v) is 6.02. The Labute approximate surface area is 111 Å². The second-order valence-corrected chi connectivity index (χ2v) is 4.63. The van der Waals surface area contributed by atoms with Crippen LogP contribution in [0.3, 0.4) is 0 Å². The van der Waals surface area contributed by atoms with Crippen molar-refractivity contribution in [2.45, 2.75) is 6.61 Å². The second-order valence-electron chi connectivity index (χ2n) is 3.63. The summed E-state index contributed by atoms with van der Waals surface area (Å²) in [6, 6.07) is 3.42. The van der Waals surface area contributed by atoms with Crippen molar-refractivity contribution in [3.63, 3.8) is 0 Å². The molecular formula is C12H9F2NO3S. The minimum absolute atomic E-state index is 0.0138. The van der Waals surface area contributed by atoms with Gasteiger partial charge in [0.05, 0.1) is 17.9 Å². The number of benzene rings is 1. The average Bonchev–Trinajstić information content (AvgIpc) is 2.73. The molecule has 0 bridgehead atoms. The molecule has 0 aliphatic carbocycles. The number of aromatic carboxylic acids is 1. The van der Waals surface area contributed by atoms with E-state index in [1.807, 2.05) is 0 Å². The molecule has 1 heterocycles. The van der Waals surface area contributed by atoms with Crippen LogP contribution in [0.2, 0.25) is 0 Å². The van der Waals surface area contributed by atoms with Gasteiger partial charge in [-0.1, -0.05) is 6.07 Å². The van der Waals surface area contributed by atoms with E-state index in [1.165, 1.54) is 13.2 Å². The molecular weight excluding hydrogens is 276 g/mol. The van der Waals surface area contributed by atoms with Gasteiger partial charge in [0.15, 0.2) is 0 Å². The van der Waals surface area contributed by atoms with E-state index in [1.54, 1.807) is 0 Å². The molecule has 0 saturated carbocycles. The van der Waals surface area contributed by atoms with Gasteiger partial charge in [-0.15, -0.1) is 11.3 Å². The predicted octanol–water partition coefficient (Wildman–Crippen LogP) is 2.93. The summed E-state index contributed by atoms with van der Waals surface area (Å²) >= 11 is 0.718. The molecule has 0 unspecified atom stereocenters. The Hall–Kier alpha value is -1.86. The zero-order chi connectivity index (χ0) is 14.0. The number of carboxylic acids is 1. The maximum absolute atomic E-state index is 13.6. The van der Waals surface area contributed by atoms with E-state index in [4.69, 9.17) is 9.84 Å². The van der Waals surface area contributed by atoms with Crippen molar-refractivity contribution in [3.05, 3.63) is 40.4 Å². The van der Waals surface area contributed by atoms with Gasteiger partial charge >= 0.3 is 5.97 Å². The number of halogens is 2. The summed E-state index contributed by atoms with van der Waals surface area (Å²) in [5.74, 6) is -2.77. The lowest BCUT2D eigenvalue weighted by atomic mass is 10.2. The van der Waals surface area contributed by atoms with Gasteiger partial charge in [-0.05, 0) is 12.1 Å². The van der Waals surface area contributed by atoms with Crippen LogP contribution in [0.25, 0.3) is 10.6 Å². The quantitative estimate of drug-likeness (QED) is 0.938. The number of hydrogen-bond donors (Lipinski definition) is 1. The molecule has 1 aromatic carbocycles. The molecule has 0 aliphatic rings. The highest BCUT2D eigenvalue weighted by Crippen LogP contribution is 2.32. The lowest BCUT2D eigenvalue weighted by Crippen LogP contribution is -1.99. The highest BCUT2D eigenvalue weighted by Gasteiger charge is 2.21. The number of methoxy groups -OCH3 is 1. The summed E-state index contributed by atoms with van der Waals surface area (Å²) in [5, 5.41) is 9.00. The first-order chi connectivity index (χ1) is 9.04. The molecule has 0 fully saturated rings. The number of carboxylic acid groups (broad SMARTS) is 1. The van der Waals surface area contributed by atoms with E-state index in [0.717, 1.165) is 23.5 Å². The number of aromatic nitrogens is 1. The van der Waals surface area contributed by atoms with Crippen LogP contribution in [0.4, 0.5) is 8.78 Å². The Morgan fingerprint density at radius 3 is 2.58 bits per heavy atom. The molecule has 0 spiro atoms. The van der Waals surface area contributed by atoms with Crippen molar-refractivity contribution < 1.29 is 23.4 Å². The van der Waals surface area contributed by atoms with Gasteiger partial charge in [0.1, 0.15) is 21.5 Å². The van der Waals surface area contributed by atoms with Crippen molar-refractivity contribution >= 4 is 17.3 Å². The third-order valence-electron chi connectivity index (χ3n) is 2.35. The number of thiazole rings is 1.